The maximum atomic E-state index is 13.2. The third kappa shape index (κ3) is 4.35. The summed E-state index contributed by atoms with van der Waals surface area (Å²) in [4.78, 5) is 27.8. The van der Waals surface area contributed by atoms with Crippen LogP contribution in [0.3, 0.4) is 0 Å². The van der Waals surface area contributed by atoms with Crippen LogP contribution in [0, 0.1) is 5.41 Å². The number of fused-ring (bicyclic) bond motifs is 1. The highest BCUT2D eigenvalue weighted by Crippen LogP contribution is 2.54. The first kappa shape index (κ1) is 23.0. The van der Waals surface area contributed by atoms with Crippen molar-refractivity contribution in [3.8, 4) is 0 Å². The molecule has 1 aromatic heterocycles. The van der Waals surface area contributed by atoms with Crippen molar-refractivity contribution in [1.29, 1.82) is 0 Å². The fourth-order valence-corrected chi connectivity index (χ4v) is 5.22. The van der Waals surface area contributed by atoms with Gasteiger partial charge in [-0.3, -0.25) is 13.9 Å². The lowest BCUT2D eigenvalue weighted by Gasteiger charge is -2.35. The number of hydrogen-bond donors (Lipinski definition) is 1. The van der Waals surface area contributed by atoms with Crippen molar-refractivity contribution in [3.63, 3.8) is 0 Å². The van der Waals surface area contributed by atoms with Gasteiger partial charge < -0.3 is 10.2 Å². The van der Waals surface area contributed by atoms with E-state index < -0.39 is 18.4 Å². The summed E-state index contributed by atoms with van der Waals surface area (Å²) in [7, 11) is 1.42. The third-order valence-electron chi connectivity index (χ3n) is 7.07. The third-order valence-corrected chi connectivity index (χ3v) is 7.56. The average Bonchev–Trinajstić information content (AvgIpc) is 3.50. The zero-order chi connectivity index (χ0) is 24.3. The Balaban J connectivity index is 1.44. The number of anilines is 2. The Labute approximate surface area is 202 Å². The fraction of sp³-hybridized carbons (Fsp3) is 0.417. The smallest absolute Gasteiger partial charge is 0.371 e. The van der Waals surface area contributed by atoms with Gasteiger partial charge in [-0.2, -0.15) is 13.2 Å². The zero-order valence-corrected chi connectivity index (χ0v) is 20.2. The van der Waals surface area contributed by atoms with Gasteiger partial charge >= 0.3 is 11.9 Å². The molecule has 6 nitrogen and oxygen atoms in total. The van der Waals surface area contributed by atoms with Crippen LogP contribution in [0.4, 0.5) is 24.5 Å². The number of nitrogens with one attached hydrogen (secondary N) is 1. The molecule has 180 valence electrons. The first-order valence-electron chi connectivity index (χ1n) is 11.2. The maximum absolute atomic E-state index is 13.2. The van der Waals surface area contributed by atoms with E-state index in [0.717, 1.165) is 36.1 Å². The van der Waals surface area contributed by atoms with Crippen molar-refractivity contribution in [2.75, 3.05) is 23.3 Å². The van der Waals surface area contributed by atoms with Crippen molar-refractivity contribution in [3.05, 3.63) is 56.9 Å². The Morgan fingerprint density at radius 3 is 2.41 bits per heavy atom. The lowest BCUT2D eigenvalue weighted by molar-refractivity contribution is -0.140. The van der Waals surface area contributed by atoms with E-state index in [0.29, 0.717) is 26.7 Å². The topological polar surface area (TPSA) is 59.3 Å². The van der Waals surface area contributed by atoms with Crippen molar-refractivity contribution < 1.29 is 18.0 Å². The Morgan fingerprint density at radius 1 is 1.06 bits per heavy atom. The van der Waals surface area contributed by atoms with Crippen LogP contribution in [0.1, 0.15) is 36.0 Å². The summed E-state index contributed by atoms with van der Waals surface area (Å²) in [6.45, 7) is 0.376. The van der Waals surface area contributed by atoms with Crippen molar-refractivity contribution in [2.45, 2.75) is 38.4 Å². The molecule has 10 heteroatoms. The largest absolute Gasteiger partial charge is 0.406 e. The molecule has 2 fully saturated rings. The van der Waals surface area contributed by atoms with Crippen LogP contribution in [0.5, 0.6) is 0 Å². The predicted octanol–water partition coefficient (Wildman–Crippen LogP) is 5.30. The van der Waals surface area contributed by atoms with E-state index >= 15 is 0 Å². The van der Waals surface area contributed by atoms with E-state index in [4.69, 9.17) is 0 Å². The van der Waals surface area contributed by atoms with Crippen LogP contribution >= 0.6 is 15.9 Å². The minimum Gasteiger partial charge on any atom is -0.371 e. The van der Waals surface area contributed by atoms with Gasteiger partial charge in [-0.05, 0) is 67.5 Å². The second kappa shape index (κ2) is 8.18. The fourth-order valence-electron chi connectivity index (χ4n) is 4.88. The zero-order valence-electron chi connectivity index (χ0n) is 18.6. The van der Waals surface area contributed by atoms with Crippen molar-refractivity contribution in [2.24, 2.45) is 12.5 Å². The molecular formula is C24H24BrF3N4O2. The molecule has 1 saturated heterocycles. The number of carbonyl (C=O) groups excluding carboxylic acids is 1. The van der Waals surface area contributed by atoms with E-state index in [1.54, 1.807) is 24.3 Å². The van der Waals surface area contributed by atoms with Crippen molar-refractivity contribution in [1.82, 2.24) is 9.13 Å². The summed E-state index contributed by atoms with van der Waals surface area (Å²) in [5.41, 5.74) is 1.87. The minimum absolute atomic E-state index is 0.115. The van der Waals surface area contributed by atoms with Crippen molar-refractivity contribution >= 4 is 44.2 Å². The lowest BCUT2D eigenvalue weighted by atomic mass is 9.93. The van der Waals surface area contributed by atoms with Crippen LogP contribution in [0.2, 0.25) is 0 Å². The number of hydrogen-bond acceptors (Lipinski definition) is 3. The van der Waals surface area contributed by atoms with Gasteiger partial charge in [0.2, 0.25) is 0 Å². The number of piperidine rings is 1. The second-order valence-corrected chi connectivity index (χ2v) is 10.3. The van der Waals surface area contributed by atoms with Gasteiger partial charge in [-0.1, -0.05) is 15.9 Å². The average molecular weight is 537 g/mol. The second-order valence-electron chi connectivity index (χ2n) is 9.35. The monoisotopic (exact) mass is 536 g/mol. The number of benzene rings is 2. The normalized spacial score (nSPS) is 17.4. The molecule has 0 radical (unpaired) electrons. The van der Waals surface area contributed by atoms with Crippen LogP contribution in [0.25, 0.3) is 11.0 Å². The molecule has 5 rings (SSSR count). The number of rotatable bonds is 4. The summed E-state index contributed by atoms with van der Waals surface area (Å²) in [6.07, 6.45) is 0.253. The van der Waals surface area contributed by atoms with Crippen LogP contribution < -0.4 is 15.9 Å². The Kier molecular flexibility index (Phi) is 5.54. The molecule has 1 aliphatic heterocycles. The van der Waals surface area contributed by atoms with Gasteiger partial charge in [-0.15, -0.1) is 0 Å². The van der Waals surface area contributed by atoms with Crippen LogP contribution in [-0.4, -0.2) is 34.3 Å². The molecule has 3 aromatic rings. The molecule has 0 atom stereocenters. The summed E-state index contributed by atoms with van der Waals surface area (Å²) in [6, 6.07) is 10.0. The number of nitrogens with zero attached hydrogens (tertiary/aromatic N) is 3. The van der Waals surface area contributed by atoms with Gasteiger partial charge in [0.15, 0.2) is 0 Å². The number of amides is 1. The number of alkyl halides is 3. The maximum Gasteiger partial charge on any atom is 0.406 e. The van der Waals surface area contributed by atoms with Gasteiger partial charge in [0, 0.05) is 30.3 Å². The lowest BCUT2D eigenvalue weighted by Crippen LogP contribution is -2.35. The quantitative estimate of drug-likeness (QED) is 0.492. The molecule has 0 unspecified atom stereocenters. The summed E-state index contributed by atoms with van der Waals surface area (Å²) in [5.74, 6) is -0.353. The standard InChI is InChI=1S/C24H24BrF3N4O2/c1-30-18-5-3-16(13-20(18)32(22(30)34)14-24(26,27)28)29-21(33)17-4-2-15(25)12-19(17)31-10-8-23(6-7-23)9-11-31/h2-5,12-13H,6-11,14H2,1H3,(H,29,33). The van der Waals surface area contributed by atoms with E-state index in [2.05, 4.69) is 26.1 Å². The highest BCUT2D eigenvalue weighted by molar-refractivity contribution is 9.10. The molecule has 2 aliphatic rings. The minimum atomic E-state index is -4.54. The number of halogens is 4. The number of imidazole rings is 1. The molecular weight excluding hydrogens is 513 g/mol. The first-order valence-corrected chi connectivity index (χ1v) is 12.0. The van der Waals surface area contributed by atoms with Crippen LogP contribution in [-0.2, 0) is 13.6 Å². The molecule has 1 spiro atoms. The van der Waals surface area contributed by atoms with E-state index in [1.165, 1.54) is 30.5 Å². The highest BCUT2D eigenvalue weighted by atomic mass is 79.9. The summed E-state index contributed by atoms with van der Waals surface area (Å²) >= 11 is 3.50. The molecule has 0 bridgehead atoms. The first-order chi connectivity index (χ1) is 16.1. The van der Waals surface area contributed by atoms with Crippen LogP contribution in [0.15, 0.2) is 45.7 Å². The number of aryl methyl sites for hydroxylation is 1. The Hall–Kier alpha value is -2.75. The Morgan fingerprint density at radius 2 is 1.76 bits per heavy atom. The number of aromatic nitrogens is 2. The van der Waals surface area contributed by atoms with Gasteiger partial charge in [-0.25, -0.2) is 4.79 Å². The Bertz CT molecular complexity index is 1330. The van der Waals surface area contributed by atoms with Gasteiger partial charge in [0.05, 0.1) is 22.3 Å². The summed E-state index contributed by atoms with van der Waals surface area (Å²) < 4.78 is 41.9. The van der Waals surface area contributed by atoms with E-state index in [9.17, 15) is 22.8 Å². The molecule has 2 heterocycles. The molecule has 1 aliphatic carbocycles. The summed E-state index contributed by atoms with van der Waals surface area (Å²) in [5, 5.41) is 2.81. The van der Waals surface area contributed by atoms with E-state index in [-0.39, 0.29) is 11.4 Å². The predicted molar refractivity (Wildman–Crippen MR) is 128 cm³/mol. The SMILES string of the molecule is Cn1c(=O)n(CC(F)(F)F)c2cc(NC(=O)c3ccc(Br)cc3N3CCC4(CC3)CC4)ccc21. The molecule has 1 amide bonds. The van der Waals surface area contributed by atoms with Gasteiger partial charge in [0.1, 0.15) is 6.54 Å². The molecule has 2 aromatic carbocycles. The van der Waals surface area contributed by atoms with E-state index in [1.807, 2.05) is 6.07 Å². The molecule has 34 heavy (non-hydrogen) atoms. The van der Waals surface area contributed by atoms with Gasteiger partial charge in [0.25, 0.3) is 5.91 Å². The molecule has 1 N–H and O–H groups in total. The molecule has 1 saturated carbocycles. The number of carbonyl (C=O) groups is 1. The highest BCUT2D eigenvalue weighted by Gasteiger charge is 2.44.